The lowest BCUT2D eigenvalue weighted by Crippen LogP contribution is -2.24. The highest BCUT2D eigenvalue weighted by molar-refractivity contribution is 9.10. The van der Waals surface area contributed by atoms with E-state index in [1.54, 1.807) is 31.2 Å². The average molecular weight is 381 g/mol. The van der Waals surface area contributed by atoms with Gasteiger partial charge in [0.05, 0.1) is 24.9 Å². The zero-order valence-corrected chi connectivity index (χ0v) is 14.6. The minimum atomic E-state index is -0.257. The summed E-state index contributed by atoms with van der Waals surface area (Å²) in [7, 11) is 3.12. The molecule has 2 rings (SSSR count). The monoisotopic (exact) mass is 380 g/mol. The van der Waals surface area contributed by atoms with E-state index >= 15 is 0 Å². The number of methoxy groups -OCH3 is 2. The van der Waals surface area contributed by atoms with Gasteiger partial charge in [-0.2, -0.15) is 10.2 Å². The Kier molecular flexibility index (Phi) is 5.75. The molecule has 0 aliphatic rings. The number of aryl methyl sites for hydroxylation is 1. The van der Waals surface area contributed by atoms with Crippen molar-refractivity contribution in [1.29, 1.82) is 0 Å². The largest absolute Gasteiger partial charge is 0.493 e. The average Bonchev–Trinajstić information content (AvgIpc) is 2.91. The number of halogens is 1. The van der Waals surface area contributed by atoms with Gasteiger partial charge in [0.25, 0.3) is 5.91 Å². The Bertz CT molecular complexity index is 728. The van der Waals surface area contributed by atoms with Crippen LogP contribution in [0.5, 0.6) is 11.5 Å². The normalized spacial score (nSPS) is 10.8. The van der Waals surface area contributed by atoms with Gasteiger partial charge in [0.15, 0.2) is 11.5 Å². The topological polar surface area (TPSA) is 77.7 Å². The second-order valence-corrected chi connectivity index (χ2v) is 5.52. The van der Waals surface area contributed by atoms with E-state index in [1.807, 2.05) is 19.1 Å². The fraction of sp³-hybridized carbons (Fsp3) is 0.267. The summed E-state index contributed by atoms with van der Waals surface area (Å²) in [5, 5.41) is 7.98. The van der Waals surface area contributed by atoms with Crippen LogP contribution in [0.4, 0.5) is 0 Å². The number of hydrogen-bond donors (Lipinski definition) is 1. The summed E-state index contributed by atoms with van der Waals surface area (Å²) in [5.74, 6) is 0.914. The maximum Gasteiger partial charge on any atom is 0.261 e. The first-order valence-electron chi connectivity index (χ1n) is 6.77. The van der Waals surface area contributed by atoms with Crippen molar-refractivity contribution in [1.82, 2.24) is 15.2 Å². The minimum absolute atomic E-state index is 0.117. The molecule has 1 aromatic heterocycles. The Balaban J connectivity index is 2.01. The number of ether oxygens (including phenoxy) is 2. The van der Waals surface area contributed by atoms with Crippen LogP contribution in [0.3, 0.4) is 0 Å². The van der Waals surface area contributed by atoms with Gasteiger partial charge in [0.2, 0.25) is 0 Å². The number of hydrogen-bond acceptors (Lipinski definition) is 5. The van der Waals surface area contributed by atoms with Gasteiger partial charge in [-0.05, 0) is 46.6 Å². The predicted molar refractivity (Wildman–Crippen MR) is 89.9 cm³/mol. The second kappa shape index (κ2) is 7.77. The van der Waals surface area contributed by atoms with Crippen LogP contribution in [-0.4, -0.2) is 36.1 Å². The van der Waals surface area contributed by atoms with Crippen LogP contribution < -0.4 is 14.9 Å². The van der Waals surface area contributed by atoms with E-state index in [-0.39, 0.29) is 12.5 Å². The lowest BCUT2D eigenvalue weighted by molar-refractivity contribution is -0.121. The van der Waals surface area contributed by atoms with Gasteiger partial charge in [-0.3, -0.25) is 9.48 Å². The van der Waals surface area contributed by atoms with E-state index in [2.05, 4.69) is 31.6 Å². The van der Waals surface area contributed by atoms with Gasteiger partial charge in [-0.1, -0.05) is 0 Å². The molecule has 122 valence electrons. The summed E-state index contributed by atoms with van der Waals surface area (Å²) >= 11 is 3.40. The van der Waals surface area contributed by atoms with Crippen LogP contribution in [0, 0.1) is 6.92 Å². The Morgan fingerprint density at radius 3 is 2.83 bits per heavy atom. The van der Waals surface area contributed by atoms with Crippen LogP contribution in [0.1, 0.15) is 11.3 Å². The molecule has 7 nitrogen and oxygen atoms in total. The number of nitrogens with zero attached hydrogens (tertiary/aromatic N) is 3. The Labute approximate surface area is 142 Å². The summed E-state index contributed by atoms with van der Waals surface area (Å²) in [4.78, 5) is 11.8. The van der Waals surface area contributed by atoms with Crippen molar-refractivity contribution >= 4 is 28.1 Å². The number of aromatic nitrogens is 2. The fourth-order valence-electron chi connectivity index (χ4n) is 1.93. The number of amides is 1. The van der Waals surface area contributed by atoms with Crippen molar-refractivity contribution in [3.63, 3.8) is 0 Å². The summed E-state index contributed by atoms with van der Waals surface area (Å²) in [6, 6.07) is 5.41. The number of carbonyl (C=O) groups excluding carboxylic acids is 1. The van der Waals surface area contributed by atoms with Crippen molar-refractivity contribution in [2.75, 3.05) is 14.2 Å². The van der Waals surface area contributed by atoms with Crippen LogP contribution in [-0.2, 0) is 11.3 Å². The first kappa shape index (κ1) is 17.0. The van der Waals surface area contributed by atoms with Crippen molar-refractivity contribution in [2.45, 2.75) is 13.5 Å². The summed E-state index contributed by atoms with van der Waals surface area (Å²) in [6.45, 7) is 2.00. The molecule has 23 heavy (non-hydrogen) atoms. The molecule has 0 saturated heterocycles. The van der Waals surface area contributed by atoms with E-state index in [4.69, 9.17) is 9.47 Å². The van der Waals surface area contributed by atoms with Crippen molar-refractivity contribution in [3.05, 3.63) is 40.1 Å². The molecule has 1 N–H and O–H groups in total. The molecule has 2 aromatic rings. The zero-order valence-electron chi connectivity index (χ0n) is 13.0. The van der Waals surface area contributed by atoms with Crippen LogP contribution >= 0.6 is 15.9 Å². The first-order chi connectivity index (χ1) is 11.0. The van der Waals surface area contributed by atoms with Crippen LogP contribution in [0.15, 0.2) is 34.0 Å². The fourth-order valence-corrected chi connectivity index (χ4v) is 2.55. The standard InChI is InChI=1S/C15H17BrN4O3/c1-10-4-5-18-20(10)9-14(21)19-17-8-11-6-12(16)15(23-3)13(7-11)22-2/h4-8H,9H2,1-3H3,(H,19,21). The molecule has 0 fully saturated rings. The predicted octanol–water partition coefficient (Wildman–Crippen LogP) is 2.12. The third-order valence-electron chi connectivity index (χ3n) is 3.08. The molecule has 0 aliphatic carbocycles. The highest BCUT2D eigenvalue weighted by atomic mass is 79.9. The lowest BCUT2D eigenvalue weighted by Gasteiger charge is -2.10. The number of carbonyl (C=O) groups is 1. The van der Waals surface area contributed by atoms with E-state index in [0.717, 1.165) is 15.7 Å². The third-order valence-corrected chi connectivity index (χ3v) is 3.67. The van der Waals surface area contributed by atoms with E-state index in [9.17, 15) is 4.79 Å². The van der Waals surface area contributed by atoms with Crippen molar-refractivity contribution in [3.8, 4) is 11.5 Å². The first-order valence-corrected chi connectivity index (χ1v) is 7.56. The molecular formula is C15H17BrN4O3. The molecule has 1 heterocycles. The second-order valence-electron chi connectivity index (χ2n) is 4.66. The van der Waals surface area contributed by atoms with Crippen LogP contribution in [0.2, 0.25) is 0 Å². The zero-order chi connectivity index (χ0) is 16.8. The Hall–Kier alpha value is -2.35. The number of nitrogens with one attached hydrogen (secondary N) is 1. The Morgan fingerprint density at radius 2 is 2.22 bits per heavy atom. The number of benzene rings is 1. The van der Waals surface area contributed by atoms with Crippen LogP contribution in [0.25, 0.3) is 0 Å². The highest BCUT2D eigenvalue weighted by Crippen LogP contribution is 2.35. The smallest absolute Gasteiger partial charge is 0.261 e. The quantitative estimate of drug-likeness (QED) is 0.614. The highest BCUT2D eigenvalue weighted by Gasteiger charge is 2.09. The summed E-state index contributed by atoms with van der Waals surface area (Å²) in [6.07, 6.45) is 3.17. The molecule has 1 aromatic carbocycles. The molecule has 0 atom stereocenters. The molecule has 0 aliphatic heterocycles. The van der Waals surface area contributed by atoms with E-state index in [0.29, 0.717) is 11.5 Å². The lowest BCUT2D eigenvalue weighted by atomic mass is 10.2. The SMILES string of the molecule is COc1cc(C=NNC(=O)Cn2nccc2C)cc(Br)c1OC. The number of hydrazone groups is 1. The number of rotatable bonds is 6. The van der Waals surface area contributed by atoms with Crippen molar-refractivity contribution in [2.24, 2.45) is 5.10 Å². The van der Waals surface area contributed by atoms with Crippen molar-refractivity contribution < 1.29 is 14.3 Å². The van der Waals surface area contributed by atoms with Gasteiger partial charge in [-0.25, -0.2) is 5.43 Å². The minimum Gasteiger partial charge on any atom is -0.493 e. The molecule has 0 saturated carbocycles. The van der Waals surface area contributed by atoms with Gasteiger partial charge in [0, 0.05) is 11.9 Å². The molecular weight excluding hydrogens is 364 g/mol. The molecule has 0 bridgehead atoms. The molecule has 0 spiro atoms. The van der Waals surface area contributed by atoms with Gasteiger partial charge in [0.1, 0.15) is 6.54 Å². The Morgan fingerprint density at radius 1 is 1.43 bits per heavy atom. The third kappa shape index (κ3) is 4.32. The maximum atomic E-state index is 11.8. The van der Waals surface area contributed by atoms with Gasteiger partial charge >= 0.3 is 0 Å². The molecule has 0 unspecified atom stereocenters. The van der Waals surface area contributed by atoms with E-state index in [1.165, 1.54) is 6.21 Å². The summed E-state index contributed by atoms with van der Waals surface area (Å²) < 4.78 is 12.8. The summed E-state index contributed by atoms with van der Waals surface area (Å²) in [5.41, 5.74) is 4.13. The maximum absolute atomic E-state index is 11.8. The van der Waals surface area contributed by atoms with Gasteiger partial charge in [-0.15, -0.1) is 0 Å². The molecule has 0 radical (unpaired) electrons. The van der Waals surface area contributed by atoms with Gasteiger partial charge < -0.3 is 9.47 Å². The molecule has 8 heteroatoms. The van der Waals surface area contributed by atoms with E-state index < -0.39 is 0 Å². The molecule has 1 amide bonds.